The third kappa shape index (κ3) is 10.3. The van der Waals surface area contributed by atoms with Gasteiger partial charge in [0.05, 0.1) is 6.04 Å². The van der Waals surface area contributed by atoms with Crippen molar-refractivity contribution in [3.8, 4) is 0 Å². The molecule has 0 saturated heterocycles. The van der Waals surface area contributed by atoms with Crippen LogP contribution in [0.4, 0.5) is 0 Å². The standard InChI is InChI=1S/C12H20N4O6S/c1-6(17)23-5-8(12(22)15-4-10(19)20)16-11(21)7(13)2-3-9(14)18/h7-8H,2-5,13H2,1H3,(H2,14,18)(H,15,22)(H,16,21)(H,19,20)/t7-,8-/m0/s1. The summed E-state index contributed by atoms with van der Waals surface area (Å²) in [5.41, 5.74) is 10.5. The molecule has 0 heterocycles. The molecule has 10 nitrogen and oxygen atoms in total. The van der Waals surface area contributed by atoms with E-state index in [1.807, 2.05) is 0 Å². The summed E-state index contributed by atoms with van der Waals surface area (Å²) in [4.78, 5) is 55.8. The molecule has 2 atom stereocenters. The number of thioether (sulfide) groups is 1. The molecule has 0 aliphatic heterocycles. The van der Waals surface area contributed by atoms with Crippen LogP contribution in [0.5, 0.6) is 0 Å². The molecular weight excluding hydrogens is 328 g/mol. The Morgan fingerprint density at radius 2 is 1.78 bits per heavy atom. The summed E-state index contributed by atoms with van der Waals surface area (Å²) in [5, 5.41) is 12.7. The van der Waals surface area contributed by atoms with Gasteiger partial charge in [-0.15, -0.1) is 0 Å². The second-order valence-corrected chi connectivity index (χ2v) is 5.78. The Morgan fingerprint density at radius 1 is 1.17 bits per heavy atom. The van der Waals surface area contributed by atoms with E-state index in [-0.39, 0.29) is 23.7 Å². The first kappa shape index (κ1) is 20.9. The number of carboxylic acid groups (broad SMARTS) is 1. The lowest BCUT2D eigenvalue weighted by atomic mass is 10.1. The number of hydrogen-bond donors (Lipinski definition) is 5. The van der Waals surface area contributed by atoms with Crippen LogP contribution in [-0.2, 0) is 24.0 Å². The van der Waals surface area contributed by atoms with Crippen LogP contribution in [0.25, 0.3) is 0 Å². The van der Waals surface area contributed by atoms with Crippen LogP contribution in [0.15, 0.2) is 0 Å². The number of rotatable bonds is 10. The van der Waals surface area contributed by atoms with Crippen molar-refractivity contribution in [2.24, 2.45) is 11.5 Å². The maximum absolute atomic E-state index is 11.9. The fraction of sp³-hybridized carbons (Fsp3) is 0.583. The zero-order valence-corrected chi connectivity index (χ0v) is 13.4. The third-order valence-corrected chi connectivity index (χ3v) is 3.45. The highest BCUT2D eigenvalue weighted by atomic mass is 32.2. The first-order valence-corrected chi connectivity index (χ1v) is 7.59. The Morgan fingerprint density at radius 3 is 2.26 bits per heavy atom. The van der Waals surface area contributed by atoms with Crippen LogP contribution < -0.4 is 22.1 Å². The molecule has 0 saturated carbocycles. The van der Waals surface area contributed by atoms with Gasteiger partial charge in [-0.1, -0.05) is 11.8 Å². The maximum atomic E-state index is 11.9. The molecule has 0 rings (SSSR count). The summed E-state index contributed by atoms with van der Waals surface area (Å²) in [6.45, 7) is 0.668. The molecule has 23 heavy (non-hydrogen) atoms. The lowest BCUT2D eigenvalue weighted by Gasteiger charge is -2.19. The van der Waals surface area contributed by atoms with Gasteiger partial charge < -0.3 is 27.2 Å². The first-order chi connectivity index (χ1) is 10.6. The van der Waals surface area contributed by atoms with Crippen molar-refractivity contribution in [1.29, 1.82) is 0 Å². The largest absolute Gasteiger partial charge is 0.480 e. The fourth-order valence-corrected chi connectivity index (χ4v) is 2.01. The van der Waals surface area contributed by atoms with Crippen molar-refractivity contribution < 1.29 is 29.1 Å². The zero-order chi connectivity index (χ0) is 18.0. The Kier molecular flexibility index (Phi) is 9.58. The Balaban J connectivity index is 4.68. The van der Waals surface area contributed by atoms with Crippen molar-refractivity contribution >= 4 is 40.6 Å². The number of hydrogen-bond acceptors (Lipinski definition) is 7. The lowest BCUT2D eigenvalue weighted by molar-refractivity contribution is -0.138. The molecule has 130 valence electrons. The number of nitrogens with one attached hydrogen (secondary N) is 2. The number of carboxylic acids is 1. The van der Waals surface area contributed by atoms with Crippen LogP contribution in [0, 0.1) is 0 Å². The highest BCUT2D eigenvalue weighted by Gasteiger charge is 2.24. The predicted molar refractivity (Wildman–Crippen MR) is 82.1 cm³/mol. The molecule has 0 aliphatic rings. The number of primary amides is 1. The molecule has 0 fully saturated rings. The van der Waals surface area contributed by atoms with Crippen molar-refractivity contribution in [1.82, 2.24) is 10.6 Å². The van der Waals surface area contributed by atoms with Gasteiger partial charge in [0.2, 0.25) is 17.7 Å². The van der Waals surface area contributed by atoms with Crippen LogP contribution in [-0.4, -0.2) is 58.3 Å². The summed E-state index contributed by atoms with van der Waals surface area (Å²) in [6.07, 6.45) is -0.0862. The molecule has 7 N–H and O–H groups in total. The minimum Gasteiger partial charge on any atom is -0.480 e. The molecule has 0 aromatic heterocycles. The van der Waals surface area contributed by atoms with Gasteiger partial charge in [-0.3, -0.25) is 24.0 Å². The molecule has 0 spiro atoms. The molecule has 0 aliphatic carbocycles. The predicted octanol–water partition coefficient (Wildman–Crippen LogP) is -2.46. The van der Waals surface area contributed by atoms with E-state index >= 15 is 0 Å². The van der Waals surface area contributed by atoms with E-state index in [2.05, 4.69) is 10.6 Å². The van der Waals surface area contributed by atoms with Crippen molar-refractivity contribution in [2.45, 2.75) is 31.8 Å². The van der Waals surface area contributed by atoms with E-state index in [4.69, 9.17) is 16.6 Å². The van der Waals surface area contributed by atoms with E-state index in [1.54, 1.807) is 0 Å². The second kappa shape index (κ2) is 10.6. The first-order valence-electron chi connectivity index (χ1n) is 6.60. The highest BCUT2D eigenvalue weighted by molar-refractivity contribution is 8.13. The zero-order valence-electron chi connectivity index (χ0n) is 12.5. The average Bonchev–Trinajstić information content (AvgIpc) is 2.45. The van der Waals surface area contributed by atoms with Crippen molar-refractivity contribution in [3.05, 3.63) is 0 Å². The van der Waals surface area contributed by atoms with Crippen molar-refractivity contribution in [3.63, 3.8) is 0 Å². The normalized spacial score (nSPS) is 12.8. The summed E-state index contributed by atoms with van der Waals surface area (Å²) < 4.78 is 0. The fourth-order valence-electron chi connectivity index (χ4n) is 1.38. The average molecular weight is 348 g/mol. The molecule has 0 unspecified atom stereocenters. The van der Waals surface area contributed by atoms with Crippen LogP contribution in [0.3, 0.4) is 0 Å². The summed E-state index contributed by atoms with van der Waals surface area (Å²) >= 11 is 0.797. The number of aliphatic carboxylic acids is 1. The summed E-state index contributed by atoms with van der Waals surface area (Å²) in [7, 11) is 0. The number of carbonyl (C=O) groups is 5. The second-order valence-electron chi connectivity index (χ2n) is 4.59. The van der Waals surface area contributed by atoms with Gasteiger partial charge in [0, 0.05) is 19.1 Å². The van der Waals surface area contributed by atoms with E-state index < -0.39 is 42.3 Å². The summed E-state index contributed by atoms with van der Waals surface area (Å²) in [5.74, 6) is -3.39. The van der Waals surface area contributed by atoms with Crippen molar-refractivity contribution in [2.75, 3.05) is 12.3 Å². The molecule has 0 aromatic rings. The Hall–Kier alpha value is -2.14. The van der Waals surface area contributed by atoms with Gasteiger partial charge in [0.25, 0.3) is 0 Å². The molecule has 11 heteroatoms. The number of carbonyl (C=O) groups excluding carboxylic acids is 4. The topological polar surface area (TPSA) is 182 Å². The quantitative estimate of drug-likeness (QED) is 0.288. The summed E-state index contributed by atoms with van der Waals surface area (Å²) in [6, 6.07) is -2.19. The van der Waals surface area contributed by atoms with E-state index in [1.165, 1.54) is 6.92 Å². The van der Waals surface area contributed by atoms with Crippen LogP contribution >= 0.6 is 11.8 Å². The molecule has 0 radical (unpaired) electrons. The lowest BCUT2D eigenvalue weighted by Crippen LogP contribution is -2.53. The van der Waals surface area contributed by atoms with Gasteiger partial charge in [-0.05, 0) is 6.42 Å². The van der Waals surface area contributed by atoms with E-state index in [0.29, 0.717) is 0 Å². The molecular formula is C12H20N4O6S. The molecule has 0 aromatic carbocycles. The molecule has 3 amide bonds. The van der Waals surface area contributed by atoms with Gasteiger partial charge in [0.15, 0.2) is 5.12 Å². The smallest absolute Gasteiger partial charge is 0.322 e. The van der Waals surface area contributed by atoms with Gasteiger partial charge >= 0.3 is 5.97 Å². The minimum atomic E-state index is -1.25. The SMILES string of the molecule is CC(=O)SC[C@H](NC(=O)[C@@H](N)CCC(N)=O)C(=O)NCC(=O)O. The van der Waals surface area contributed by atoms with Gasteiger partial charge in [0.1, 0.15) is 12.6 Å². The van der Waals surface area contributed by atoms with E-state index in [0.717, 1.165) is 11.8 Å². The Labute approximate surface area is 136 Å². The monoisotopic (exact) mass is 348 g/mol. The highest BCUT2D eigenvalue weighted by Crippen LogP contribution is 2.05. The van der Waals surface area contributed by atoms with Crippen LogP contribution in [0.2, 0.25) is 0 Å². The maximum Gasteiger partial charge on any atom is 0.322 e. The number of amides is 3. The minimum absolute atomic E-state index is 0.00445. The van der Waals surface area contributed by atoms with Crippen LogP contribution in [0.1, 0.15) is 19.8 Å². The molecule has 0 bridgehead atoms. The van der Waals surface area contributed by atoms with Gasteiger partial charge in [-0.25, -0.2) is 0 Å². The van der Waals surface area contributed by atoms with E-state index in [9.17, 15) is 24.0 Å². The Bertz CT molecular complexity index is 484. The van der Waals surface area contributed by atoms with Gasteiger partial charge in [-0.2, -0.15) is 0 Å². The number of nitrogens with two attached hydrogens (primary N) is 2. The third-order valence-electron chi connectivity index (χ3n) is 2.54.